The summed E-state index contributed by atoms with van der Waals surface area (Å²) in [5.74, 6) is 0. The number of aliphatic hydroxyl groups is 3. The summed E-state index contributed by atoms with van der Waals surface area (Å²) in [5.41, 5.74) is -0.740. The highest BCUT2D eigenvalue weighted by Crippen LogP contribution is 2.39. The zero-order chi connectivity index (χ0) is 26.0. The van der Waals surface area contributed by atoms with E-state index >= 15 is 0 Å². The van der Waals surface area contributed by atoms with E-state index in [1.165, 1.54) is 0 Å². The van der Waals surface area contributed by atoms with E-state index in [2.05, 4.69) is 26.1 Å². The van der Waals surface area contributed by atoms with Crippen LogP contribution in [-0.4, -0.2) is 65.8 Å². The Kier molecular flexibility index (Phi) is 8.13. The third-order valence-corrected chi connectivity index (χ3v) is 11.4. The summed E-state index contributed by atoms with van der Waals surface area (Å²) in [6.45, 7) is 11.5. The number of carbonyl (C=O) groups is 1. The average Bonchev–Trinajstić information content (AvgIpc) is 2.76. The van der Waals surface area contributed by atoms with Crippen molar-refractivity contribution in [3.05, 3.63) is 60.7 Å². The van der Waals surface area contributed by atoms with Crippen molar-refractivity contribution >= 4 is 24.8 Å². The number of carbonyl (C=O) groups excluding carboxylic acids is 1. The van der Waals surface area contributed by atoms with Gasteiger partial charge in [-0.25, -0.2) is 4.79 Å². The lowest BCUT2D eigenvalue weighted by Crippen LogP contribution is -2.73. The Labute approximate surface area is 209 Å². The summed E-state index contributed by atoms with van der Waals surface area (Å²) in [7, 11) is -3.15. The minimum absolute atomic E-state index is 0.0950. The first-order valence-electron chi connectivity index (χ1n) is 12.1. The van der Waals surface area contributed by atoms with Crippen molar-refractivity contribution in [3.8, 4) is 0 Å². The molecule has 1 aliphatic carbocycles. The van der Waals surface area contributed by atoms with E-state index < -0.39 is 55.5 Å². The van der Waals surface area contributed by atoms with Crippen molar-refractivity contribution in [3.63, 3.8) is 0 Å². The third-order valence-electron chi connectivity index (χ3n) is 6.40. The fourth-order valence-electron chi connectivity index (χ4n) is 4.84. The van der Waals surface area contributed by atoms with Gasteiger partial charge in [-0.15, -0.1) is 0 Å². The van der Waals surface area contributed by atoms with Gasteiger partial charge in [0.1, 0.15) is 11.7 Å². The van der Waals surface area contributed by atoms with E-state index in [-0.39, 0.29) is 6.42 Å². The Morgan fingerprint density at radius 1 is 0.857 bits per heavy atom. The van der Waals surface area contributed by atoms with Crippen LogP contribution in [0.2, 0.25) is 5.04 Å². The van der Waals surface area contributed by atoms with Gasteiger partial charge in [0.05, 0.1) is 24.4 Å². The highest BCUT2D eigenvalue weighted by atomic mass is 28.4. The van der Waals surface area contributed by atoms with Crippen molar-refractivity contribution in [1.29, 1.82) is 0 Å². The maximum atomic E-state index is 12.7. The first kappa shape index (κ1) is 27.4. The van der Waals surface area contributed by atoms with E-state index in [4.69, 9.17) is 9.16 Å². The number of amides is 1. The fourth-order valence-corrected chi connectivity index (χ4v) is 9.55. The molecule has 8 heteroatoms. The van der Waals surface area contributed by atoms with E-state index in [1.807, 2.05) is 60.7 Å². The minimum atomic E-state index is -3.15. The second kappa shape index (κ2) is 10.4. The van der Waals surface area contributed by atoms with Gasteiger partial charge < -0.3 is 29.8 Å². The second-order valence-corrected chi connectivity index (χ2v) is 15.5. The summed E-state index contributed by atoms with van der Waals surface area (Å²) < 4.78 is 12.4. The van der Waals surface area contributed by atoms with Crippen LogP contribution >= 0.6 is 0 Å². The summed E-state index contributed by atoms with van der Waals surface area (Å²) in [6, 6.07) is 18.8. The van der Waals surface area contributed by atoms with Crippen LogP contribution in [0.25, 0.3) is 0 Å². The van der Waals surface area contributed by atoms with Crippen molar-refractivity contribution in [1.82, 2.24) is 5.32 Å². The molecule has 0 bridgehead atoms. The Hall–Kier alpha value is -2.23. The predicted octanol–water partition coefficient (Wildman–Crippen LogP) is 2.31. The van der Waals surface area contributed by atoms with Gasteiger partial charge in [-0.2, -0.15) is 0 Å². The molecule has 35 heavy (non-hydrogen) atoms. The van der Waals surface area contributed by atoms with Gasteiger partial charge in [0.15, 0.2) is 0 Å². The zero-order valence-electron chi connectivity index (χ0n) is 21.4. The smallest absolute Gasteiger partial charge is 0.408 e. The maximum absolute atomic E-state index is 12.7. The quantitative estimate of drug-likeness (QED) is 0.469. The average molecular weight is 502 g/mol. The number of hydrogen-bond donors (Lipinski definition) is 4. The number of aliphatic hydroxyl groups excluding tert-OH is 3. The van der Waals surface area contributed by atoms with Crippen LogP contribution < -0.4 is 15.7 Å². The van der Waals surface area contributed by atoms with Crippen molar-refractivity contribution < 1.29 is 29.3 Å². The van der Waals surface area contributed by atoms with Crippen LogP contribution in [0.1, 0.15) is 48.0 Å². The van der Waals surface area contributed by atoms with Crippen LogP contribution in [0.3, 0.4) is 0 Å². The SMILES string of the molecule is CC(C)(C)OC(=O)N[C@@H]1[C@H](O[Si](c2ccccc2)(c2ccccc2)C(C)(C)C)[C@@H](O)[C@@H](O)C[C@@H]1O. The molecule has 5 atom stereocenters. The van der Waals surface area contributed by atoms with Crippen LogP contribution in [0, 0.1) is 0 Å². The molecule has 0 unspecified atom stereocenters. The summed E-state index contributed by atoms with van der Waals surface area (Å²) in [4.78, 5) is 12.7. The Morgan fingerprint density at radius 3 is 1.77 bits per heavy atom. The lowest BCUT2D eigenvalue weighted by atomic mass is 9.85. The lowest BCUT2D eigenvalue weighted by Gasteiger charge is -2.50. The van der Waals surface area contributed by atoms with E-state index in [0.717, 1.165) is 10.4 Å². The Bertz CT molecular complexity index is 933. The summed E-state index contributed by atoms with van der Waals surface area (Å²) in [6.07, 6.45) is -5.55. The molecule has 0 spiro atoms. The molecule has 0 heterocycles. The standard InChI is InChI=1S/C27H39NO6Si/c1-26(2,3)33-25(32)28-22-20(29)17-21(30)23(31)24(22)34-35(27(4,5)6,18-13-9-7-10-14-18)19-15-11-8-12-16-19/h7-16,20-24,29-31H,17H2,1-6H3,(H,28,32)/t20-,21-,22-,23-,24-/m0/s1. The van der Waals surface area contributed by atoms with Gasteiger partial charge in [-0.1, -0.05) is 81.4 Å². The number of alkyl carbamates (subject to hydrolysis) is 1. The van der Waals surface area contributed by atoms with Crippen molar-refractivity contribution in [2.24, 2.45) is 0 Å². The van der Waals surface area contributed by atoms with Gasteiger partial charge in [0.25, 0.3) is 8.32 Å². The molecule has 0 saturated heterocycles. The number of nitrogens with one attached hydrogen (secondary N) is 1. The van der Waals surface area contributed by atoms with Crippen LogP contribution in [0.4, 0.5) is 4.79 Å². The second-order valence-electron chi connectivity index (χ2n) is 11.3. The molecule has 0 aliphatic heterocycles. The molecule has 2 aromatic carbocycles. The summed E-state index contributed by atoms with van der Waals surface area (Å²) >= 11 is 0. The minimum Gasteiger partial charge on any atom is -0.444 e. The molecular formula is C27H39NO6Si. The molecule has 0 radical (unpaired) electrons. The molecule has 192 valence electrons. The molecule has 4 N–H and O–H groups in total. The van der Waals surface area contributed by atoms with Crippen LogP contribution in [0.5, 0.6) is 0 Å². The lowest BCUT2D eigenvalue weighted by molar-refractivity contribution is -0.127. The van der Waals surface area contributed by atoms with Gasteiger partial charge in [0, 0.05) is 6.42 Å². The van der Waals surface area contributed by atoms with Crippen molar-refractivity contribution in [2.75, 3.05) is 0 Å². The first-order chi connectivity index (χ1) is 16.3. The highest BCUT2D eigenvalue weighted by molar-refractivity contribution is 6.99. The predicted molar refractivity (Wildman–Crippen MR) is 138 cm³/mol. The number of rotatable bonds is 5. The van der Waals surface area contributed by atoms with Crippen molar-refractivity contribution in [2.45, 2.75) is 89.1 Å². The Morgan fingerprint density at radius 2 is 1.34 bits per heavy atom. The van der Waals surface area contributed by atoms with E-state index in [9.17, 15) is 20.1 Å². The Balaban J connectivity index is 2.13. The van der Waals surface area contributed by atoms with E-state index in [0.29, 0.717) is 0 Å². The molecular weight excluding hydrogens is 462 g/mol. The fraction of sp³-hybridized carbons (Fsp3) is 0.519. The monoisotopic (exact) mass is 501 g/mol. The highest BCUT2D eigenvalue weighted by Gasteiger charge is 2.55. The van der Waals surface area contributed by atoms with Gasteiger partial charge in [-0.3, -0.25) is 0 Å². The number of hydrogen-bond acceptors (Lipinski definition) is 6. The third kappa shape index (κ3) is 5.95. The summed E-state index contributed by atoms with van der Waals surface area (Å²) in [5, 5.41) is 36.9. The largest absolute Gasteiger partial charge is 0.444 e. The van der Waals surface area contributed by atoms with E-state index in [1.54, 1.807) is 20.8 Å². The topological polar surface area (TPSA) is 108 Å². The molecule has 2 aromatic rings. The maximum Gasteiger partial charge on any atom is 0.408 e. The molecule has 3 rings (SSSR count). The molecule has 0 aromatic heterocycles. The molecule has 1 fully saturated rings. The molecule has 1 saturated carbocycles. The normalized spacial score (nSPS) is 25.7. The number of benzene rings is 2. The molecule has 1 aliphatic rings. The zero-order valence-corrected chi connectivity index (χ0v) is 22.4. The van der Waals surface area contributed by atoms with Crippen LogP contribution in [0.15, 0.2) is 60.7 Å². The van der Waals surface area contributed by atoms with Crippen LogP contribution in [-0.2, 0) is 9.16 Å². The van der Waals surface area contributed by atoms with Gasteiger partial charge in [-0.05, 0) is 36.2 Å². The first-order valence-corrected chi connectivity index (χ1v) is 14.0. The molecule has 1 amide bonds. The van der Waals surface area contributed by atoms with Gasteiger partial charge >= 0.3 is 6.09 Å². The number of ether oxygens (including phenoxy) is 1. The molecule has 7 nitrogen and oxygen atoms in total. The van der Waals surface area contributed by atoms with Gasteiger partial charge in [0.2, 0.25) is 0 Å².